The highest BCUT2D eigenvalue weighted by Gasteiger charge is 2.31. The Morgan fingerprint density at radius 3 is 2.52 bits per heavy atom. The van der Waals surface area contributed by atoms with Gasteiger partial charge in [0.15, 0.2) is 11.0 Å². The number of hydrogen-bond donors (Lipinski definition) is 0. The summed E-state index contributed by atoms with van der Waals surface area (Å²) in [4.78, 5) is 0. The zero-order valence-electron chi connectivity index (χ0n) is 17.5. The molecule has 12 heteroatoms. The first-order valence-electron chi connectivity index (χ1n) is 9.74. The Hall–Kier alpha value is -3.12. The number of aromatic nitrogens is 5. The number of methoxy groups -OCH3 is 1. The maximum Gasteiger partial charge on any atom is 0.416 e. The van der Waals surface area contributed by atoms with Gasteiger partial charge in [-0.2, -0.15) is 13.2 Å². The summed E-state index contributed by atoms with van der Waals surface area (Å²) in [5.41, 5.74) is 0.230. The molecule has 0 radical (unpaired) electrons. The Kier molecular flexibility index (Phi) is 6.84. The van der Waals surface area contributed by atoms with Crippen molar-refractivity contribution >= 4 is 23.1 Å². The van der Waals surface area contributed by atoms with Crippen LogP contribution in [-0.4, -0.2) is 38.7 Å². The summed E-state index contributed by atoms with van der Waals surface area (Å²) < 4.78 is 52.2. The summed E-state index contributed by atoms with van der Waals surface area (Å²) in [7, 11) is 1.55. The number of benzene rings is 2. The second-order valence-corrected chi connectivity index (χ2v) is 8.57. The summed E-state index contributed by atoms with van der Waals surface area (Å²) in [6, 6.07) is 12.1. The van der Waals surface area contributed by atoms with Crippen molar-refractivity contribution < 1.29 is 22.6 Å². The molecule has 4 rings (SSSR count). The minimum atomic E-state index is -4.47. The molecule has 0 N–H and O–H groups in total. The molecule has 7 nitrogen and oxygen atoms in total. The quantitative estimate of drug-likeness (QED) is 0.300. The van der Waals surface area contributed by atoms with Gasteiger partial charge in [-0.05, 0) is 49.4 Å². The Bertz CT molecular complexity index is 1230. The monoisotopic (exact) mass is 493 g/mol. The van der Waals surface area contributed by atoms with Gasteiger partial charge in [-0.25, -0.2) is 0 Å². The molecular formula is C21H18F3N5O2S2. The molecule has 0 atom stereocenters. The lowest BCUT2D eigenvalue weighted by Crippen LogP contribution is -2.07. The van der Waals surface area contributed by atoms with Crippen LogP contribution in [0.5, 0.6) is 10.9 Å². The number of thioether (sulfide) groups is 1. The molecule has 0 aliphatic carbocycles. The van der Waals surface area contributed by atoms with Crippen LogP contribution in [0, 0.1) is 0 Å². The van der Waals surface area contributed by atoms with E-state index in [-0.39, 0.29) is 0 Å². The lowest BCUT2D eigenvalue weighted by molar-refractivity contribution is -0.137. The van der Waals surface area contributed by atoms with Crippen LogP contribution >= 0.6 is 23.1 Å². The molecule has 0 aliphatic rings. The lowest BCUT2D eigenvalue weighted by atomic mass is 10.1. The average Bonchev–Trinajstić information content (AvgIpc) is 3.44. The van der Waals surface area contributed by atoms with Gasteiger partial charge in [-0.1, -0.05) is 29.2 Å². The molecule has 33 heavy (non-hydrogen) atoms. The van der Waals surface area contributed by atoms with Crippen LogP contribution < -0.4 is 9.47 Å². The van der Waals surface area contributed by atoms with E-state index in [1.54, 1.807) is 42.0 Å². The van der Waals surface area contributed by atoms with E-state index in [9.17, 15) is 13.2 Å². The first-order valence-corrected chi connectivity index (χ1v) is 11.5. The van der Waals surface area contributed by atoms with Crippen molar-refractivity contribution in [3.63, 3.8) is 0 Å². The molecular weight excluding hydrogens is 475 g/mol. The van der Waals surface area contributed by atoms with E-state index in [1.165, 1.54) is 29.2 Å². The van der Waals surface area contributed by atoms with Crippen molar-refractivity contribution in [3.8, 4) is 28.0 Å². The Labute approximate surface area is 195 Å². The van der Waals surface area contributed by atoms with Crippen LogP contribution in [0.1, 0.15) is 17.5 Å². The fourth-order valence-electron chi connectivity index (χ4n) is 2.95. The second kappa shape index (κ2) is 9.79. The molecule has 2 aromatic heterocycles. The summed E-state index contributed by atoms with van der Waals surface area (Å²) in [6.07, 6.45) is -4.47. The van der Waals surface area contributed by atoms with Gasteiger partial charge < -0.3 is 9.47 Å². The lowest BCUT2D eigenvalue weighted by Gasteiger charge is -2.13. The molecule has 4 aromatic rings. The summed E-state index contributed by atoms with van der Waals surface area (Å²) >= 11 is 2.60. The van der Waals surface area contributed by atoms with Gasteiger partial charge in [-0.3, -0.25) is 4.57 Å². The number of alkyl halides is 3. The molecule has 0 unspecified atom stereocenters. The SMILES string of the molecule is CCOc1nnc(CSc2nnc(-c3ccc(OC)cc3)n2-c2cccc(C(F)(F)F)c2)s1. The Morgan fingerprint density at radius 2 is 1.82 bits per heavy atom. The number of rotatable bonds is 8. The first-order chi connectivity index (χ1) is 15.9. The van der Waals surface area contributed by atoms with Crippen LogP contribution in [-0.2, 0) is 11.9 Å². The number of hydrogen-bond acceptors (Lipinski definition) is 8. The normalized spacial score (nSPS) is 11.5. The maximum atomic E-state index is 13.4. The molecule has 0 saturated carbocycles. The van der Waals surface area contributed by atoms with Gasteiger partial charge in [0.1, 0.15) is 10.8 Å². The Morgan fingerprint density at radius 1 is 1.03 bits per heavy atom. The van der Waals surface area contributed by atoms with Crippen LogP contribution in [0.3, 0.4) is 0 Å². The van der Waals surface area contributed by atoms with E-state index in [2.05, 4.69) is 20.4 Å². The molecule has 0 spiro atoms. The van der Waals surface area contributed by atoms with Crippen molar-refractivity contribution in [2.24, 2.45) is 0 Å². The van der Waals surface area contributed by atoms with Gasteiger partial charge >= 0.3 is 6.18 Å². The topological polar surface area (TPSA) is 75.0 Å². The smallest absolute Gasteiger partial charge is 0.416 e. The van der Waals surface area contributed by atoms with E-state index in [1.807, 2.05) is 6.92 Å². The summed E-state index contributed by atoms with van der Waals surface area (Å²) in [5.74, 6) is 1.47. The predicted octanol–water partition coefficient (Wildman–Crippen LogP) is 5.50. The molecule has 0 amide bonds. The van der Waals surface area contributed by atoms with E-state index in [0.717, 1.165) is 12.1 Å². The van der Waals surface area contributed by atoms with Gasteiger partial charge in [0.2, 0.25) is 0 Å². The first kappa shape index (κ1) is 23.1. The fraction of sp³-hybridized carbons (Fsp3) is 0.238. The minimum absolute atomic E-state index is 0.301. The van der Waals surface area contributed by atoms with Gasteiger partial charge in [0, 0.05) is 5.56 Å². The van der Waals surface area contributed by atoms with Crippen molar-refractivity contribution in [2.45, 2.75) is 24.0 Å². The van der Waals surface area contributed by atoms with Crippen molar-refractivity contribution in [1.29, 1.82) is 0 Å². The van der Waals surface area contributed by atoms with Crippen LogP contribution in [0.2, 0.25) is 0 Å². The fourth-order valence-corrected chi connectivity index (χ4v) is 4.63. The molecule has 172 valence electrons. The van der Waals surface area contributed by atoms with E-state index in [0.29, 0.717) is 50.5 Å². The van der Waals surface area contributed by atoms with Crippen LogP contribution in [0.4, 0.5) is 13.2 Å². The van der Waals surface area contributed by atoms with E-state index in [4.69, 9.17) is 9.47 Å². The molecule has 0 saturated heterocycles. The third-order valence-corrected chi connectivity index (χ3v) is 6.41. The van der Waals surface area contributed by atoms with Crippen LogP contribution in [0.25, 0.3) is 17.1 Å². The highest BCUT2D eigenvalue weighted by molar-refractivity contribution is 7.98. The summed E-state index contributed by atoms with van der Waals surface area (Å²) in [6.45, 7) is 2.34. The highest BCUT2D eigenvalue weighted by atomic mass is 32.2. The van der Waals surface area contributed by atoms with E-state index >= 15 is 0 Å². The average molecular weight is 494 g/mol. The van der Waals surface area contributed by atoms with Crippen LogP contribution in [0.15, 0.2) is 53.7 Å². The minimum Gasteiger partial charge on any atom is -0.497 e. The second-order valence-electron chi connectivity index (χ2n) is 6.60. The van der Waals surface area contributed by atoms with Gasteiger partial charge in [0.05, 0.1) is 30.7 Å². The zero-order valence-corrected chi connectivity index (χ0v) is 19.2. The standard InChI is InChI=1S/C21H18F3N5O2S2/c1-3-31-20-28-25-17(33-20)12-32-19-27-26-18(13-7-9-16(30-2)10-8-13)29(19)15-6-4-5-14(11-15)21(22,23)24/h4-11H,3,12H2,1-2H3. The third kappa shape index (κ3) is 5.28. The third-order valence-electron chi connectivity index (χ3n) is 4.45. The molecule has 0 aliphatic heterocycles. The number of nitrogens with zero attached hydrogens (tertiary/aromatic N) is 5. The van der Waals surface area contributed by atoms with Crippen molar-refractivity contribution in [3.05, 3.63) is 59.1 Å². The van der Waals surface area contributed by atoms with E-state index < -0.39 is 11.7 Å². The largest absolute Gasteiger partial charge is 0.497 e. The number of halogens is 3. The molecule has 2 heterocycles. The molecule has 2 aromatic carbocycles. The van der Waals surface area contributed by atoms with Crippen molar-refractivity contribution in [2.75, 3.05) is 13.7 Å². The summed E-state index contributed by atoms with van der Waals surface area (Å²) in [5, 5.41) is 18.2. The number of ether oxygens (including phenoxy) is 2. The highest BCUT2D eigenvalue weighted by Crippen LogP contribution is 2.35. The van der Waals surface area contributed by atoms with Gasteiger partial charge in [0.25, 0.3) is 5.19 Å². The predicted molar refractivity (Wildman–Crippen MR) is 119 cm³/mol. The Balaban J connectivity index is 1.72. The zero-order chi connectivity index (χ0) is 23.4. The molecule has 0 bridgehead atoms. The maximum absolute atomic E-state index is 13.4. The van der Waals surface area contributed by atoms with Crippen molar-refractivity contribution in [1.82, 2.24) is 25.0 Å². The van der Waals surface area contributed by atoms with Gasteiger partial charge in [-0.15, -0.1) is 20.4 Å². The molecule has 0 fully saturated rings.